The number of nitrogen functional groups attached to an aromatic ring is 1. The van der Waals surface area contributed by atoms with Gasteiger partial charge in [-0.3, -0.25) is 0 Å². The third-order valence-corrected chi connectivity index (χ3v) is 4.55. The molecule has 7 heteroatoms. The molecule has 0 bridgehead atoms. The maximum atomic E-state index is 12.2. The van der Waals surface area contributed by atoms with Crippen molar-refractivity contribution in [3.8, 4) is 0 Å². The molecule has 138 valence electrons. The molecule has 1 saturated carbocycles. The molecule has 1 aromatic heterocycles. The van der Waals surface area contributed by atoms with Gasteiger partial charge in [-0.25, -0.2) is 4.79 Å². The van der Waals surface area contributed by atoms with Crippen LogP contribution in [0.3, 0.4) is 0 Å². The molecule has 0 radical (unpaired) electrons. The Bertz CT molecular complexity index is 787. The van der Waals surface area contributed by atoms with Crippen molar-refractivity contribution in [3.05, 3.63) is 35.4 Å². The first kappa shape index (κ1) is 18.0. The number of aromatic nitrogens is 2. The molecule has 7 nitrogen and oxygen atoms in total. The van der Waals surface area contributed by atoms with Gasteiger partial charge >= 0.3 is 5.97 Å². The number of benzene rings is 1. The van der Waals surface area contributed by atoms with Crippen molar-refractivity contribution in [2.45, 2.75) is 45.1 Å². The van der Waals surface area contributed by atoms with Crippen molar-refractivity contribution in [2.75, 3.05) is 23.5 Å². The largest absolute Gasteiger partial charge is 0.465 e. The monoisotopic (exact) mass is 355 g/mol. The highest BCUT2D eigenvalue weighted by atomic mass is 16.5. The van der Waals surface area contributed by atoms with Crippen LogP contribution >= 0.6 is 0 Å². The lowest BCUT2D eigenvalue weighted by Crippen LogP contribution is -2.24. The Morgan fingerprint density at radius 2 is 2.00 bits per heavy atom. The number of nitrogens with one attached hydrogen (secondary N) is 2. The molecular formula is C19H25N5O2. The summed E-state index contributed by atoms with van der Waals surface area (Å²) in [6.07, 6.45) is 5.83. The summed E-state index contributed by atoms with van der Waals surface area (Å²) in [5.74, 6) is 0.299. The lowest BCUT2D eigenvalue weighted by molar-refractivity contribution is 0.0602. The van der Waals surface area contributed by atoms with E-state index in [1.54, 1.807) is 0 Å². The number of carbonyl (C=O) groups is 1. The molecular weight excluding hydrogens is 330 g/mol. The zero-order valence-corrected chi connectivity index (χ0v) is 15.2. The number of aryl methyl sites for hydroxylation is 1. The summed E-state index contributed by atoms with van der Waals surface area (Å²) >= 11 is 0. The number of rotatable bonds is 5. The van der Waals surface area contributed by atoms with E-state index in [1.165, 1.54) is 26.4 Å². The number of nitrogens with zero attached hydrogens (tertiary/aromatic N) is 2. The van der Waals surface area contributed by atoms with E-state index in [-0.39, 0.29) is 11.4 Å². The average molecular weight is 355 g/mol. The summed E-state index contributed by atoms with van der Waals surface area (Å²) in [6.45, 7) is 2.00. The third-order valence-electron chi connectivity index (χ3n) is 4.55. The zero-order chi connectivity index (χ0) is 18.5. The molecule has 1 aliphatic carbocycles. The van der Waals surface area contributed by atoms with Gasteiger partial charge in [0.05, 0.1) is 7.11 Å². The topological polar surface area (TPSA) is 102 Å². The molecule has 0 aliphatic heterocycles. The van der Waals surface area contributed by atoms with Crippen molar-refractivity contribution in [1.29, 1.82) is 0 Å². The van der Waals surface area contributed by atoms with Gasteiger partial charge in [0.1, 0.15) is 11.4 Å². The van der Waals surface area contributed by atoms with Crippen LogP contribution in [-0.4, -0.2) is 29.1 Å². The van der Waals surface area contributed by atoms with Crippen LogP contribution in [0.2, 0.25) is 0 Å². The molecule has 0 spiro atoms. The number of hydrogen-bond acceptors (Lipinski definition) is 7. The number of hydrogen-bond donors (Lipinski definition) is 3. The van der Waals surface area contributed by atoms with E-state index >= 15 is 0 Å². The van der Waals surface area contributed by atoms with Crippen LogP contribution in [0.1, 0.15) is 48.0 Å². The quantitative estimate of drug-likeness (QED) is 0.704. The molecule has 0 amide bonds. The second-order valence-corrected chi connectivity index (χ2v) is 6.62. The predicted molar refractivity (Wildman–Crippen MR) is 103 cm³/mol. The van der Waals surface area contributed by atoms with Crippen LogP contribution in [0.5, 0.6) is 0 Å². The van der Waals surface area contributed by atoms with Gasteiger partial charge in [-0.05, 0) is 37.5 Å². The number of anilines is 4. The van der Waals surface area contributed by atoms with Gasteiger partial charge in [0.15, 0.2) is 5.82 Å². The number of ether oxygens (including phenoxy) is 1. The fourth-order valence-electron chi connectivity index (χ4n) is 3.23. The highest BCUT2D eigenvalue weighted by molar-refractivity contribution is 6.00. The van der Waals surface area contributed by atoms with Crippen molar-refractivity contribution < 1.29 is 9.53 Å². The molecule has 1 aromatic carbocycles. The minimum absolute atomic E-state index is 0.0975. The smallest absolute Gasteiger partial charge is 0.345 e. The van der Waals surface area contributed by atoms with E-state index in [0.29, 0.717) is 17.8 Å². The summed E-state index contributed by atoms with van der Waals surface area (Å²) in [4.78, 5) is 20.9. The molecule has 0 atom stereocenters. The van der Waals surface area contributed by atoms with E-state index in [2.05, 4.69) is 20.6 Å². The van der Waals surface area contributed by atoms with Crippen LogP contribution in [0, 0.1) is 6.92 Å². The number of nitrogens with two attached hydrogens (primary N) is 1. The van der Waals surface area contributed by atoms with Gasteiger partial charge in [-0.15, -0.1) is 0 Å². The van der Waals surface area contributed by atoms with E-state index in [1.807, 2.05) is 31.2 Å². The van der Waals surface area contributed by atoms with Crippen molar-refractivity contribution in [3.63, 3.8) is 0 Å². The maximum absolute atomic E-state index is 12.2. The standard InChI is InChI=1S/C19H25N5O2/c1-12-7-6-10-14(11-12)21-17-15(18(25)26-2)16(20)23-19(24-17)22-13-8-4-3-5-9-13/h6-7,10-11,13H,3-5,8-9H2,1-2H3,(H4,20,21,22,23,24). The highest BCUT2D eigenvalue weighted by Gasteiger charge is 2.22. The zero-order valence-electron chi connectivity index (χ0n) is 15.2. The number of esters is 1. The molecule has 1 heterocycles. The van der Waals surface area contributed by atoms with Crippen LogP contribution in [0.15, 0.2) is 24.3 Å². The van der Waals surface area contributed by atoms with E-state index in [9.17, 15) is 4.79 Å². The highest BCUT2D eigenvalue weighted by Crippen LogP contribution is 2.27. The predicted octanol–water partition coefficient (Wildman–Crippen LogP) is 3.64. The molecule has 0 saturated heterocycles. The van der Waals surface area contributed by atoms with Crippen LogP contribution in [0.25, 0.3) is 0 Å². The molecule has 3 rings (SSSR count). The second-order valence-electron chi connectivity index (χ2n) is 6.62. The van der Waals surface area contributed by atoms with Crippen LogP contribution in [0.4, 0.5) is 23.3 Å². The molecule has 2 aromatic rings. The lowest BCUT2D eigenvalue weighted by atomic mass is 9.96. The van der Waals surface area contributed by atoms with Crippen molar-refractivity contribution in [2.24, 2.45) is 0 Å². The molecule has 1 fully saturated rings. The van der Waals surface area contributed by atoms with Crippen LogP contribution in [-0.2, 0) is 4.74 Å². The van der Waals surface area contributed by atoms with Gasteiger partial charge in [0, 0.05) is 11.7 Å². The summed E-state index contributed by atoms with van der Waals surface area (Å²) in [7, 11) is 1.31. The third kappa shape index (κ3) is 4.22. The second kappa shape index (κ2) is 8.03. The van der Waals surface area contributed by atoms with Crippen LogP contribution < -0.4 is 16.4 Å². The lowest BCUT2D eigenvalue weighted by Gasteiger charge is -2.23. The Morgan fingerprint density at radius 1 is 1.23 bits per heavy atom. The minimum atomic E-state index is -0.568. The number of methoxy groups -OCH3 is 1. The first-order valence-corrected chi connectivity index (χ1v) is 8.93. The van der Waals surface area contributed by atoms with E-state index in [0.717, 1.165) is 24.1 Å². The Labute approximate surface area is 153 Å². The fraction of sp³-hybridized carbons (Fsp3) is 0.421. The van der Waals surface area contributed by atoms with Gasteiger partial charge in [-0.2, -0.15) is 9.97 Å². The Morgan fingerprint density at radius 3 is 2.69 bits per heavy atom. The molecule has 4 N–H and O–H groups in total. The molecule has 1 aliphatic rings. The average Bonchev–Trinajstić information content (AvgIpc) is 2.62. The Hall–Kier alpha value is -2.83. The van der Waals surface area contributed by atoms with E-state index in [4.69, 9.17) is 10.5 Å². The SMILES string of the molecule is COC(=O)c1c(N)nc(NC2CCCCC2)nc1Nc1cccc(C)c1. The normalized spacial score (nSPS) is 14.7. The minimum Gasteiger partial charge on any atom is -0.465 e. The summed E-state index contributed by atoms with van der Waals surface area (Å²) in [6, 6.07) is 8.13. The van der Waals surface area contributed by atoms with E-state index < -0.39 is 5.97 Å². The summed E-state index contributed by atoms with van der Waals surface area (Å²) in [5.41, 5.74) is 8.11. The number of carbonyl (C=O) groups excluding carboxylic acids is 1. The summed E-state index contributed by atoms with van der Waals surface area (Å²) < 4.78 is 4.85. The fourth-order valence-corrected chi connectivity index (χ4v) is 3.23. The Balaban J connectivity index is 1.93. The molecule has 26 heavy (non-hydrogen) atoms. The van der Waals surface area contributed by atoms with Crippen molar-refractivity contribution >= 4 is 29.2 Å². The van der Waals surface area contributed by atoms with Gasteiger partial charge in [0.25, 0.3) is 0 Å². The van der Waals surface area contributed by atoms with Crippen molar-refractivity contribution in [1.82, 2.24) is 9.97 Å². The molecule has 0 unspecified atom stereocenters. The Kier molecular flexibility index (Phi) is 5.55. The maximum Gasteiger partial charge on any atom is 0.345 e. The first-order valence-electron chi connectivity index (χ1n) is 8.93. The first-order chi connectivity index (χ1) is 12.6. The van der Waals surface area contributed by atoms with Gasteiger partial charge in [0.2, 0.25) is 5.95 Å². The van der Waals surface area contributed by atoms with Gasteiger partial charge < -0.3 is 21.1 Å². The summed E-state index contributed by atoms with van der Waals surface area (Å²) in [5, 5.41) is 6.52. The van der Waals surface area contributed by atoms with Gasteiger partial charge in [-0.1, -0.05) is 31.4 Å².